The van der Waals surface area contributed by atoms with Crippen molar-refractivity contribution in [3.8, 4) is 0 Å². The third kappa shape index (κ3) is 5.04. The Morgan fingerprint density at radius 1 is 1.47 bits per heavy atom. The Balaban J connectivity index is 2.14. The molecular weight excluding hydrogens is 224 g/mol. The van der Waals surface area contributed by atoms with Crippen LogP contribution in [0.1, 0.15) is 25.7 Å². The van der Waals surface area contributed by atoms with Gasteiger partial charge in [-0.2, -0.15) is 0 Å². The lowest BCUT2D eigenvalue weighted by atomic mass is 9.83. The average Bonchev–Trinajstić information content (AvgIpc) is 2.21. The monoisotopic (exact) mass is 244 g/mol. The molecule has 0 radical (unpaired) electrons. The number of hydrogen-bond acceptors (Lipinski definition) is 3. The van der Waals surface area contributed by atoms with Gasteiger partial charge in [-0.05, 0) is 12.3 Å². The van der Waals surface area contributed by atoms with Gasteiger partial charge in [0.2, 0.25) is 0 Å². The molecule has 1 aliphatic carbocycles. The molecule has 1 saturated carbocycles. The number of methoxy groups -OCH3 is 1. The molecule has 1 rings (SSSR count). The number of nitrogens with one attached hydrogen (secondary N) is 2. The fraction of sp³-hybridized carbons (Fsp3) is 0.818. The van der Waals surface area contributed by atoms with Crippen LogP contribution in [0.15, 0.2) is 0 Å². The predicted octanol–water partition coefficient (Wildman–Crippen LogP) is 0.575. The van der Waals surface area contributed by atoms with E-state index >= 15 is 0 Å². The molecule has 17 heavy (non-hydrogen) atoms. The molecular formula is C11H20N2O4. The predicted molar refractivity (Wildman–Crippen MR) is 61.8 cm³/mol. The van der Waals surface area contributed by atoms with E-state index in [-0.39, 0.29) is 6.61 Å². The Kier molecular flexibility index (Phi) is 5.76. The first kappa shape index (κ1) is 13.8. The second-order valence-corrected chi connectivity index (χ2v) is 4.33. The number of urea groups is 1. The largest absolute Gasteiger partial charge is 0.480 e. The van der Waals surface area contributed by atoms with Crippen molar-refractivity contribution in [2.24, 2.45) is 5.92 Å². The number of hydrogen-bond donors (Lipinski definition) is 3. The highest BCUT2D eigenvalue weighted by Crippen LogP contribution is 2.28. The molecule has 1 aliphatic rings. The molecule has 0 aliphatic heterocycles. The van der Waals surface area contributed by atoms with Gasteiger partial charge in [-0.1, -0.05) is 19.3 Å². The normalized spacial score (nSPS) is 17.0. The zero-order chi connectivity index (χ0) is 12.7. The average molecular weight is 244 g/mol. The Labute approximate surface area is 101 Å². The third-order valence-corrected chi connectivity index (χ3v) is 3.00. The van der Waals surface area contributed by atoms with E-state index < -0.39 is 18.0 Å². The van der Waals surface area contributed by atoms with Crippen molar-refractivity contribution in [2.45, 2.75) is 31.7 Å². The van der Waals surface area contributed by atoms with Crippen LogP contribution in [0, 0.1) is 5.92 Å². The van der Waals surface area contributed by atoms with Crippen molar-refractivity contribution in [3.63, 3.8) is 0 Å². The van der Waals surface area contributed by atoms with Crippen LogP contribution in [0.3, 0.4) is 0 Å². The highest BCUT2D eigenvalue weighted by molar-refractivity contribution is 5.82. The maximum absolute atomic E-state index is 11.4. The van der Waals surface area contributed by atoms with E-state index in [1.165, 1.54) is 26.4 Å². The van der Waals surface area contributed by atoms with Gasteiger partial charge >= 0.3 is 12.0 Å². The van der Waals surface area contributed by atoms with Crippen molar-refractivity contribution < 1.29 is 19.4 Å². The molecule has 0 spiro atoms. The number of ether oxygens (including phenoxy) is 1. The fourth-order valence-corrected chi connectivity index (χ4v) is 1.72. The maximum atomic E-state index is 11.4. The molecule has 0 aromatic rings. The number of carbonyl (C=O) groups excluding carboxylic acids is 1. The summed E-state index contributed by atoms with van der Waals surface area (Å²) in [6.07, 6.45) is 4.73. The topological polar surface area (TPSA) is 87.7 Å². The second-order valence-electron chi connectivity index (χ2n) is 4.33. The summed E-state index contributed by atoms with van der Waals surface area (Å²) in [4.78, 5) is 22.1. The summed E-state index contributed by atoms with van der Waals surface area (Å²) in [6, 6.07) is -1.45. The zero-order valence-corrected chi connectivity index (χ0v) is 10.1. The second kappa shape index (κ2) is 7.11. The van der Waals surface area contributed by atoms with E-state index in [2.05, 4.69) is 10.6 Å². The smallest absolute Gasteiger partial charge is 0.328 e. The molecule has 1 fully saturated rings. The lowest BCUT2D eigenvalue weighted by Crippen LogP contribution is -2.48. The van der Waals surface area contributed by atoms with Crippen LogP contribution in [-0.4, -0.2) is 43.4 Å². The molecule has 6 nitrogen and oxygen atoms in total. The lowest BCUT2D eigenvalue weighted by molar-refractivity contribution is -0.140. The number of aliphatic carboxylic acids is 1. The zero-order valence-electron chi connectivity index (χ0n) is 10.1. The van der Waals surface area contributed by atoms with Gasteiger partial charge in [0.25, 0.3) is 0 Å². The first-order valence-corrected chi connectivity index (χ1v) is 5.89. The molecule has 1 atom stereocenters. The Hall–Kier alpha value is -1.30. The standard InChI is InChI=1S/C11H20N2O4/c1-17-7-9(10(14)15)13-11(16)12-6-5-8-3-2-4-8/h8-9H,2-7H2,1H3,(H,14,15)(H2,12,13,16). The van der Waals surface area contributed by atoms with Crippen molar-refractivity contribution in [1.82, 2.24) is 10.6 Å². The van der Waals surface area contributed by atoms with E-state index in [0.717, 1.165) is 12.3 Å². The Bertz CT molecular complexity index is 266. The molecule has 0 saturated heterocycles. The number of amides is 2. The minimum absolute atomic E-state index is 0.0363. The summed E-state index contributed by atoms with van der Waals surface area (Å²) in [5, 5.41) is 13.8. The molecule has 6 heteroatoms. The van der Waals surface area contributed by atoms with Crippen molar-refractivity contribution in [1.29, 1.82) is 0 Å². The van der Waals surface area contributed by atoms with Crippen LogP contribution in [0.25, 0.3) is 0 Å². The summed E-state index contributed by atoms with van der Waals surface area (Å²) < 4.78 is 4.71. The van der Waals surface area contributed by atoms with Gasteiger partial charge in [0.15, 0.2) is 6.04 Å². The van der Waals surface area contributed by atoms with Crippen LogP contribution in [0.4, 0.5) is 4.79 Å². The number of carbonyl (C=O) groups is 2. The van der Waals surface area contributed by atoms with Gasteiger partial charge in [-0.3, -0.25) is 0 Å². The molecule has 3 N–H and O–H groups in total. The summed E-state index contributed by atoms with van der Waals surface area (Å²) in [5.41, 5.74) is 0. The number of rotatable bonds is 7. The van der Waals surface area contributed by atoms with E-state index in [9.17, 15) is 9.59 Å². The fourth-order valence-electron chi connectivity index (χ4n) is 1.72. The van der Waals surface area contributed by atoms with Crippen molar-refractivity contribution in [3.05, 3.63) is 0 Å². The summed E-state index contributed by atoms with van der Waals surface area (Å²) in [6.45, 7) is 0.557. The van der Waals surface area contributed by atoms with Gasteiger partial charge in [0.1, 0.15) is 0 Å². The quantitative estimate of drug-likeness (QED) is 0.611. The first-order chi connectivity index (χ1) is 8.13. The number of carboxylic acids is 1. The Morgan fingerprint density at radius 3 is 2.65 bits per heavy atom. The van der Waals surface area contributed by atoms with Crippen LogP contribution in [0.5, 0.6) is 0 Å². The molecule has 0 aromatic heterocycles. The summed E-state index contributed by atoms with van der Waals surface area (Å²) in [5.74, 6) is -0.370. The van der Waals surface area contributed by atoms with Crippen LogP contribution < -0.4 is 10.6 Å². The third-order valence-electron chi connectivity index (χ3n) is 3.00. The highest BCUT2D eigenvalue weighted by Gasteiger charge is 2.20. The number of carboxylic acid groups (broad SMARTS) is 1. The SMILES string of the molecule is COCC(NC(=O)NCCC1CCC1)C(=O)O. The first-order valence-electron chi connectivity index (χ1n) is 5.89. The van der Waals surface area contributed by atoms with Crippen molar-refractivity contribution in [2.75, 3.05) is 20.3 Å². The molecule has 98 valence electrons. The Morgan fingerprint density at radius 2 is 2.18 bits per heavy atom. The van der Waals surface area contributed by atoms with E-state index in [0.29, 0.717) is 6.54 Å². The van der Waals surface area contributed by atoms with Gasteiger partial charge < -0.3 is 20.5 Å². The molecule has 0 bridgehead atoms. The van der Waals surface area contributed by atoms with E-state index in [1.54, 1.807) is 0 Å². The van der Waals surface area contributed by atoms with Gasteiger partial charge in [0.05, 0.1) is 6.61 Å². The van der Waals surface area contributed by atoms with Crippen LogP contribution in [-0.2, 0) is 9.53 Å². The molecule has 0 aromatic carbocycles. The van der Waals surface area contributed by atoms with E-state index in [4.69, 9.17) is 9.84 Å². The van der Waals surface area contributed by atoms with Crippen LogP contribution in [0.2, 0.25) is 0 Å². The summed E-state index contributed by atoms with van der Waals surface area (Å²) >= 11 is 0. The van der Waals surface area contributed by atoms with Crippen LogP contribution >= 0.6 is 0 Å². The highest BCUT2D eigenvalue weighted by atomic mass is 16.5. The molecule has 2 amide bonds. The lowest BCUT2D eigenvalue weighted by Gasteiger charge is -2.25. The van der Waals surface area contributed by atoms with Crippen molar-refractivity contribution >= 4 is 12.0 Å². The minimum Gasteiger partial charge on any atom is -0.480 e. The maximum Gasteiger partial charge on any atom is 0.328 e. The van der Waals surface area contributed by atoms with Gasteiger partial charge in [0, 0.05) is 13.7 Å². The van der Waals surface area contributed by atoms with Gasteiger partial charge in [-0.25, -0.2) is 9.59 Å². The van der Waals surface area contributed by atoms with Gasteiger partial charge in [-0.15, -0.1) is 0 Å². The molecule has 1 unspecified atom stereocenters. The summed E-state index contributed by atoms with van der Waals surface area (Å²) in [7, 11) is 1.39. The molecule has 0 heterocycles. The van der Waals surface area contributed by atoms with E-state index in [1.807, 2.05) is 0 Å². The minimum atomic E-state index is -1.10.